The molecule has 0 aromatic heterocycles. The molecule has 6 aliphatic rings. The van der Waals surface area contributed by atoms with Crippen LogP contribution in [0.3, 0.4) is 0 Å². The largest absolute Gasteiger partial charge is 0.299 e. The Morgan fingerprint density at radius 3 is 2.83 bits per heavy atom. The van der Waals surface area contributed by atoms with E-state index in [1.54, 1.807) is 0 Å². The topological polar surface area (TPSA) is 37.4 Å². The first-order valence-corrected chi connectivity index (χ1v) is 10.0. The number of piperidine rings is 1. The smallest absolute Gasteiger partial charge is 0.159 e. The summed E-state index contributed by atoms with van der Waals surface area (Å²) in [6.07, 6.45) is 5.95. The van der Waals surface area contributed by atoms with Crippen LogP contribution in [0.4, 0.5) is 0 Å². The van der Waals surface area contributed by atoms with E-state index in [0.717, 1.165) is 50.8 Å². The van der Waals surface area contributed by atoms with Crippen molar-refractivity contribution in [3.63, 3.8) is 0 Å². The van der Waals surface area contributed by atoms with Crippen LogP contribution in [0.25, 0.3) is 0 Å². The molecule has 0 amide bonds. The van der Waals surface area contributed by atoms with Gasteiger partial charge in [-0.1, -0.05) is 13.8 Å². The highest BCUT2D eigenvalue weighted by atomic mass is 16.1. The van der Waals surface area contributed by atoms with Crippen molar-refractivity contribution in [3.05, 3.63) is 11.1 Å². The molecule has 6 rings (SSSR count). The Morgan fingerprint density at radius 1 is 1.17 bits per heavy atom. The second kappa shape index (κ2) is 4.06. The third-order valence-corrected chi connectivity index (χ3v) is 9.37. The van der Waals surface area contributed by atoms with Crippen molar-refractivity contribution in [2.75, 3.05) is 13.1 Å². The fourth-order valence-corrected chi connectivity index (χ4v) is 8.42. The van der Waals surface area contributed by atoms with Gasteiger partial charge in [0.15, 0.2) is 5.78 Å². The summed E-state index contributed by atoms with van der Waals surface area (Å²) < 4.78 is 0. The summed E-state index contributed by atoms with van der Waals surface area (Å²) in [5, 5.41) is 0. The molecule has 2 unspecified atom stereocenters. The fourth-order valence-electron chi connectivity index (χ4n) is 8.42. The second-order valence-corrected chi connectivity index (χ2v) is 9.83. The summed E-state index contributed by atoms with van der Waals surface area (Å²) in [5.74, 6) is 2.64. The Labute approximate surface area is 143 Å². The van der Waals surface area contributed by atoms with Gasteiger partial charge in [-0.3, -0.25) is 14.5 Å². The van der Waals surface area contributed by atoms with Crippen LogP contribution in [0, 0.1) is 34.5 Å². The number of carbonyl (C=O) groups is 2. The summed E-state index contributed by atoms with van der Waals surface area (Å²) in [4.78, 5) is 29.4. The van der Waals surface area contributed by atoms with Crippen LogP contribution >= 0.6 is 0 Å². The predicted molar refractivity (Wildman–Crippen MR) is 90.3 cm³/mol. The molecule has 128 valence electrons. The molecule has 7 atom stereocenters. The van der Waals surface area contributed by atoms with E-state index in [1.807, 2.05) is 0 Å². The molecule has 2 saturated heterocycles. The Morgan fingerprint density at radius 2 is 2.00 bits per heavy atom. The molecule has 2 bridgehead atoms. The first-order valence-electron chi connectivity index (χ1n) is 10.0. The zero-order valence-electron chi connectivity index (χ0n) is 14.8. The molecule has 4 aliphatic carbocycles. The Hall–Kier alpha value is -0.960. The molecule has 0 aromatic carbocycles. The SMILES string of the molecule is C[C@@H]1CN2CC3CCC4=C5[C@@H](CC[C@@]56C(=O)C1C[C@H]2[C@@]36C)CC4=O. The van der Waals surface area contributed by atoms with E-state index in [2.05, 4.69) is 18.7 Å². The molecule has 0 radical (unpaired) electrons. The highest BCUT2D eigenvalue weighted by molar-refractivity contribution is 6.04. The van der Waals surface area contributed by atoms with E-state index in [0.29, 0.717) is 41.8 Å². The van der Waals surface area contributed by atoms with Gasteiger partial charge in [0.25, 0.3) is 0 Å². The lowest BCUT2D eigenvalue weighted by atomic mass is 9.45. The van der Waals surface area contributed by atoms with E-state index >= 15 is 0 Å². The van der Waals surface area contributed by atoms with Crippen molar-refractivity contribution in [2.45, 2.75) is 58.4 Å². The van der Waals surface area contributed by atoms with Crippen LogP contribution in [0.1, 0.15) is 52.4 Å². The molecular formula is C21H27NO2. The van der Waals surface area contributed by atoms with Crippen LogP contribution in [0.15, 0.2) is 11.1 Å². The van der Waals surface area contributed by atoms with E-state index in [9.17, 15) is 9.59 Å². The van der Waals surface area contributed by atoms with Gasteiger partial charge in [-0.15, -0.1) is 0 Å². The predicted octanol–water partition coefficient (Wildman–Crippen LogP) is 2.99. The zero-order chi connectivity index (χ0) is 16.4. The lowest BCUT2D eigenvalue weighted by Crippen LogP contribution is -2.64. The number of allylic oxidation sites excluding steroid dienone is 2. The average molecular weight is 325 g/mol. The fraction of sp³-hybridized carbons (Fsp3) is 0.810. The minimum Gasteiger partial charge on any atom is -0.299 e. The zero-order valence-corrected chi connectivity index (χ0v) is 14.8. The number of hydrogen-bond donors (Lipinski definition) is 0. The molecule has 2 aliphatic heterocycles. The van der Waals surface area contributed by atoms with Gasteiger partial charge in [-0.05, 0) is 61.0 Å². The highest BCUT2D eigenvalue weighted by Crippen LogP contribution is 2.73. The summed E-state index contributed by atoms with van der Waals surface area (Å²) in [6.45, 7) is 7.01. The molecule has 3 nitrogen and oxygen atoms in total. The summed E-state index contributed by atoms with van der Waals surface area (Å²) in [5.41, 5.74) is 2.28. The van der Waals surface area contributed by atoms with Gasteiger partial charge < -0.3 is 0 Å². The van der Waals surface area contributed by atoms with E-state index < -0.39 is 0 Å². The number of hydrogen-bond acceptors (Lipinski definition) is 3. The number of rotatable bonds is 0. The average Bonchev–Trinajstić information content (AvgIpc) is 3.12. The maximum atomic E-state index is 14.0. The molecule has 3 heteroatoms. The highest BCUT2D eigenvalue weighted by Gasteiger charge is 2.74. The van der Waals surface area contributed by atoms with Crippen molar-refractivity contribution in [2.24, 2.45) is 34.5 Å². The Bertz CT molecular complexity index is 723. The minimum absolute atomic E-state index is 0.0805. The number of nitrogens with zero attached hydrogens (tertiary/aromatic N) is 1. The van der Waals surface area contributed by atoms with Gasteiger partial charge in [0.05, 0.1) is 5.41 Å². The molecule has 0 N–H and O–H groups in total. The van der Waals surface area contributed by atoms with Gasteiger partial charge in [-0.25, -0.2) is 0 Å². The Balaban J connectivity index is 1.67. The summed E-state index contributed by atoms with van der Waals surface area (Å²) in [7, 11) is 0. The summed E-state index contributed by atoms with van der Waals surface area (Å²) >= 11 is 0. The van der Waals surface area contributed by atoms with Crippen LogP contribution in [0.2, 0.25) is 0 Å². The van der Waals surface area contributed by atoms with Crippen molar-refractivity contribution in [3.8, 4) is 0 Å². The number of fused-ring (bicyclic) bond motifs is 1. The molecular weight excluding hydrogens is 298 g/mol. The van der Waals surface area contributed by atoms with Crippen LogP contribution < -0.4 is 0 Å². The first kappa shape index (κ1) is 14.2. The molecule has 4 fully saturated rings. The lowest BCUT2D eigenvalue weighted by Gasteiger charge is -2.59. The van der Waals surface area contributed by atoms with Crippen LogP contribution in [0.5, 0.6) is 0 Å². The normalized spacial score (nSPS) is 55.2. The van der Waals surface area contributed by atoms with Gasteiger partial charge in [0.2, 0.25) is 0 Å². The van der Waals surface area contributed by atoms with E-state index in [1.165, 1.54) is 5.57 Å². The molecule has 1 spiro atoms. The standard InChI is InChI=1S/C21H27NO2/c1-11-9-22-10-13-3-4-14-16(23)7-12-5-6-21(18(12)14)19(24)15(11)8-17(22)20(13,21)2/h11-13,15,17H,3-10H2,1-2H3/t11-,12+,13?,15?,17+,20-,21+/m1/s1. The lowest BCUT2D eigenvalue weighted by molar-refractivity contribution is -0.156. The van der Waals surface area contributed by atoms with Crippen molar-refractivity contribution in [1.82, 2.24) is 4.90 Å². The van der Waals surface area contributed by atoms with Crippen LogP contribution in [-0.2, 0) is 9.59 Å². The number of carbonyl (C=O) groups excluding carboxylic acids is 2. The molecule has 24 heavy (non-hydrogen) atoms. The monoisotopic (exact) mass is 325 g/mol. The van der Waals surface area contributed by atoms with E-state index in [4.69, 9.17) is 0 Å². The minimum atomic E-state index is -0.280. The molecule has 2 saturated carbocycles. The van der Waals surface area contributed by atoms with Gasteiger partial charge >= 0.3 is 0 Å². The van der Waals surface area contributed by atoms with Gasteiger partial charge in [-0.2, -0.15) is 0 Å². The Kier molecular flexibility index (Phi) is 2.41. The van der Waals surface area contributed by atoms with Crippen molar-refractivity contribution < 1.29 is 9.59 Å². The molecule has 2 heterocycles. The number of ketones is 2. The van der Waals surface area contributed by atoms with Crippen molar-refractivity contribution >= 4 is 11.6 Å². The summed E-state index contributed by atoms with van der Waals surface area (Å²) in [6, 6.07) is 0.572. The van der Waals surface area contributed by atoms with Gasteiger partial charge in [0, 0.05) is 36.9 Å². The van der Waals surface area contributed by atoms with E-state index in [-0.39, 0.29) is 16.7 Å². The van der Waals surface area contributed by atoms with Crippen LogP contribution in [-0.4, -0.2) is 35.6 Å². The first-order chi connectivity index (χ1) is 11.5. The maximum Gasteiger partial charge on any atom is 0.159 e. The van der Waals surface area contributed by atoms with Crippen molar-refractivity contribution in [1.29, 1.82) is 0 Å². The molecule has 0 aromatic rings. The third kappa shape index (κ3) is 1.23. The number of Topliss-reactive ketones (excluding diaryl/α,β-unsaturated/α-hetero) is 2. The second-order valence-electron chi connectivity index (χ2n) is 9.83. The third-order valence-electron chi connectivity index (χ3n) is 9.37. The van der Waals surface area contributed by atoms with Gasteiger partial charge in [0.1, 0.15) is 5.78 Å². The maximum absolute atomic E-state index is 14.0. The quantitative estimate of drug-likeness (QED) is 0.687.